The minimum atomic E-state index is 0.444. The molecule has 18 heavy (non-hydrogen) atoms. The number of hydrogen-bond acceptors (Lipinski definition) is 2. The van der Waals surface area contributed by atoms with Gasteiger partial charge in [0, 0.05) is 19.1 Å². The highest BCUT2D eigenvalue weighted by atomic mass is 15.2. The first-order chi connectivity index (χ1) is 8.50. The van der Waals surface area contributed by atoms with Crippen molar-refractivity contribution in [1.29, 1.82) is 0 Å². The molecule has 0 spiro atoms. The van der Waals surface area contributed by atoms with Crippen LogP contribution in [0.5, 0.6) is 0 Å². The summed E-state index contributed by atoms with van der Waals surface area (Å²) in [5, 5.41) is 3.56. The van der Waals surface area contributed by atoms with Gasteiger partial charge in [0.15, 0.2) is 0 Å². The average Bonchev–Trinajstić information content (AvgIpc) is 2.31. The zero-order valence-corrected chi connectivity index (χ0v) is 13.3. The first-order valence-electron chi connectivity index (χ1n) is 7.95. The second-order valence-corrected chi connectivity index (χ2v) is 6.79. The van der Waals surface area contributed by atoms with E-state index in [9.17, 15) is 0 Å². The Bertz CT molecular complexity index is 229. The minimum Gasteiger partial charge on any atom is -0.316 e. The van der Waals surface area contributed by atoms with Crippen LogP contribution in [0, 0.1) is 11.3 Å². The van der Waals surface area contributed by atoms with Crippen LogP contribution < -0.4 is 5.32 Å². The number of hydrogen-bond donors (Lipinski definition) is 1. The summed E-state index contributed by atoms with van der Waals surface area (Å²) in [6, 6.07) is 0.770. The van der Waals surface area contributed by atoms with Gasteiger partial charge in [-0.3, -0.25) is 0 Å². The zero-order valence-electron chi connectivity index (χ0n) is 13.3. The van der Waals surface area contributed by atoms with Crippen molar-refractivity contribution < 1.29 is 0 Å². The fraction of sp³-hybridized carbons (Fsp3) is 1.00. The van der Waals surface area contributed by atoms with Gasteiger partial charge < -0.3 is 10.2 Å². The summed E-state index contributed by atoms with van der Waals surface area (Å²) in [5.74, 6) is 0.919. The summed E-state index contributed by atoms with van der Waals surface area (Å²) in [4.78, 5) is 2.73. The lowest BCUT2D eigenvalue weighted by atomic mass is 9.83. The largest absolute Gasteiger partial charge is 0.316 e. The molecule has 0 aromatic heterocycles. The van der Waals surface area contributed by atoms with E-state index in [0.717, 1.165) is 25.0 Å². The molecular weight excluding hydrogens is 220 g/mol. The van der Waals surface area contributed by atoms with Gasteiger partial charge in [0.2, 0.25) is 0 Å². The highest BCUT2D eigenvalue weighted by Crippen LogP contribution is 2.29. The molecule has 0 radical (unpaired) electrons. The molecule has 3 unspecified atom stereocenters. The molecule has 1 aliphatic heterocycles. The van der Waals surface area contributed by atoms with Crippen LogP contribution in [-0.4, -0.2) is 37.1 Å². The van der Waals surface area contributed by atoms with Gasteiger partial charge in [-0.25, -0.2) is 0 Å². The van der Waals surface area contributed by atoms with Crippen molar-refractivity contribution in [2.24, 2.45) is 11.3 Å². The lowest BCUT2D eigenvalue weighted by Gasteiger charge is -2.42. The summed E-state index contributed by atoms with van der Waals surface area (Å²) in [7, 11) is 0. The van der Waals surface area contributed by atoms with E-state index in [2.05, 4.69) is 44.8 Å². The molecule has 1 fully saturated rings. The molecule has 0 saturated carbocycles. The minimum absolute atomic E-state index is 0.444. The Morgan fingerprint density at radius 3 is 2.56 bits per heavy atom. The molecule has 108 valence electrons. The monoisotopic (exact) mass is 254 g/mol. The van der Waals surface area contributed by atoms with Gasteiger partial charge in [-0.2, -0.15) is 0 Å². The second kappa shape index (κ2) is 7.49. The van der Waals surface area contributed by atoms with Crippen LogP contribution in [0.15, 0.2) is 0 Å². The molecule has 0 bridgehead atoms. The highest BCUT2D eigenvalue weighted by molar-refractivity contribution is 4.85. The van der Waals surface area contributed by atoms with Crippen LogP contribution in [-0.2, 0) is 0 Å². The number of nitrogens with zero attached hydrogens (tertiary/aromatic N) is 1. The first kappa shape index (κ1) is 16.0. The Hall–Kier alpha value is -0.0800. The maximum atomic E-state index is 3.56. The van der Waals surface area contributed by atoms with E-state index in [0.29, 0.717) is 5.41 Å². The van der Waals surface area contributed by atoms with Crippen LogP contribution in [0.25, 0.3) is 0 Å². The molecule has 2 heteroatoms. The SMILES string of the molecule is CCCC(C)(CNCC)CN1CCC(C)CC1C. The van der Waals surface area contributed by atoms with E-state index in [-0.39, 0.29) is 0 Å². The summed E-state index contributed by atoms with van der Waals surface area (Å²) in [5.41, 5.74) is 0.444. The third-order valence-corrected chi connectivity index (χ3v) is 4.52. The van der Waals surface area contributed by atoms with Crippen LogP contribution in [0.2, 0.25) is 0 Å². The van der Waals surface area contributed by atoms with E-state index in [4.69, 9.17) is 0 Å². The predicted molar refractivity (Wildman–Crippen MR) is 81.0 cm³/mol. The van der Waals surface area contributed by atoms with Gasteiger partial charge in [-0.05, 0) is 50.6 Å². The Kier molecular flexibility index (Phi) is 6.65. The molecule has 0 aromatic carbocycles. The Balaban J connectivity index is 2.53. The van der Waals surface area contributed by atoms with Gasteiger partial charge in [-0.15, -0.1) is 0 Å². The van der Waals surface area contributed by atoms with Crippen molar-refractivity contribution in [2.45, 2.75) is 66.3 Å². The highest BCUT2D eigenvalue weighted by Gasteiger charge is 2.30. The van der Waals surface area contributed by atoms with E-state index < -0.39 is 0 Å². The predicted octanol–water partition coefficient (Wildman–Crippen LogP) is 3.52. The quantitative estimate of drug-likeness (QED) is 0.748. The van der Waals surface area contributed by atoms with Crippen molar-refractivity contribution >= 4 is 0 Å². The smallest absolute Gasteiger partial charge is 0.00697 e. The molecule has 0 aliphatic carbocycles. The Labute approximate surface area is 115 Å². The molecule has 2 nitrogen and oxygen atoms in total. The van der Waals surface area contributed by atoms with Gasteiger partial charge in [0.1, 0.15) is 0 Å². The van der Waals surface area contributed by atoms with Crippen molar-refractivity contribution in [3.8, 4) is 0 Å². The maximum absolute atomic E-state index is 3.56. The average molecular weight is 254 g/mol. The molecule has 1 aliphatic rings. The van der Waals surface area contributed by atoms with E-state index in [1.54, 1.807) is 0 Å². The topological polar surface area (TPSA) is 15.3 Å². The van der Waals surface area contributed by atoms with Crippen LogP contribution in [0.3, 0.4) is 0 Å². The van der Waals surface area contributed by atoms with E-state index in [1.165, 1.54) is 38.8 Å². The third kappa shape index (κ3) is 4.89. The van der Waals surface area contributed by atoms with Crippen LogP contribution >= 0.6 is 0 Å². The van der Waals surface area contributed by atoms with E-state index >= 15 is 0 Å². The van der Waals surface area contributed by atoms with Gasteiger partial charge in [0.05, 0.1) is 0 Å². The fourth-order valence-corrected chi connectivity index (χ4v) is 3.43. The van der Waals surface area contributed by atoms with Crippen molar-refractivity contribution in [3.63, 3.8) is 0 Å². The van der Waals surface area contributed by atoms with E-state index in [1.807, 2.05) is 0 Å². The number of nitrogens with one attached hydrogen (secondary N) is 1. The first-order valence-corrected chi connectivity index (χ1v) is 7.95. The summed E-state index contributed by atoms with van der Waals surface area (Å²) in [6.07, 6.45) is 5.39. The molecule has 1 saturated heterocycles. The lowest BCUT2D eigenvalue weighted by molar-refractivity contribution is 0.0726. The molecule has 3 atom stereocenters. The number of piperidine rings is 1. The van der Waals surface area contributed by atoms with Gasteiger partial charge in [-0.1, -0.05) is 34.1 Å². The normalized spacial score (nSPS) is 29.2. The number of rotatable bonds is 7. The standard InChI is InChI=1S/C16H34N2/c1-6-9-16(5,12-17-7-2)13-18-10-8-14(3)11-15(18)4/h14-15,17H,6-13H2,1-5H3. The summed E-state index contributed by atoms with van der Waals surface area (Å²) in [6.45, 7) is 16.6. The summed E-state index contributed by atoms with van der Waals surface area (Å²) >= 11 is 0. The van der Waals surface area contributed by atoms with Crippen LogP contribution in [0.1, 0.15) is 60.3 Å². The van der Waals surface area contributed by atoms with Crippen molar-refractivity contribution in [1.82, 2.24) is 10.2 Å². The Morgan fingerprint density at radius 2 is 2.00 bits per heavy atom. The fourth-order valence-electron chi connectivity index (χ4n) is 3.43. The van der Waals surface area contributed by atoms with Gasteiger partial charge >= 0.3 is 0 Å². The third-order valence-electron chi connectivity index (χ3n) is 4.52. The van der Waals surface area contributed by atoms with Crippen molar-refractivity contribution in [2.75, 3.05) is 26.2 Å². The van der Waals surface area contributed by atoms with Crippen molar-refractivity contribution in [3.05, 3.63) is 0 Å². The zero-order chi connectivity index (χ0) is 13.6. The Morgan fingerprint density at radius 1 is 1.28 bits per heavy atom. The number of likely N-dealkylation sites (tertiary alicyclic amines) is 1. The van der Waals surface area contributed by atoms with Crippen LogP contribution in [0.4, 0.5) is 0 Å². The maximum Gasteiger partial charge on any atom is 0.00697 e. The molecule has 1 N–H and O–H groups in total. The molecular formula is C16H34N2. The molecule has 0 amide bonds. The lowest BCUT2D eigenvalue weighted by Crippen LogP contribution is -2.48. The molecule has 1 heterocycles. The molecule has 1 rings (SSSR count). The summed E-state index contributed by atoms with van der Waals surface area (Å²) < 4.78 is 0. The molecule has 0 aromatic rings. The van der Waals surface area contributed by atoms with Gasteiger partial charge in [0.25, 0.3) is 0 Å². The second-order valence-electron chi connectivity index (χ2n) is 6.79.